The number of hydrogen-bond acceptors (Lipinski definition) is 3. The second kappa shape index (κ2) is 6.65. The van der Waals surface area contributed by atoms with Crippen LogP contribution in [0.15, 0.2) is 47.5 Å². The molecule has 0 saturated heterocycles. The third-order valence-electron chi connectivity index (χ3n) is 3.83. The minimum absolute atomic E-state index is 0.538. The number of ether oxygens (including phenoxy) is 2. The monoisotopic (exact) mass is 295 g/mol. The molecule has 0 atom stereocenters. The number of benzene rings is 2. The summed E-state index contributed by atoms with van der Waals surface area (Å²) < 4.78 is 11.8. The second-order valence-corrected chi connectivity index (χ2v) is 5.38. The van der Waals surface area contributed by atoms with Crippen LogP contribution in [0.2, 0.25) is 0 Å². The molecule has 2 aromatic carbocycles. The van der Waals surface area contributed by atoms with E-state index in [1.807, 2.05) is 25.1 Å². The van der Waals surface area contributed by atoms with E-state index in [1.165, 1.54) is 11.1 Å². The Labute approximate surface area is 131 Å². The van der Waals surface area contributed by atoms with Gasteiger partial charge < -0.3 is 9.47 Å². The molecule has 22 heavy (non-hydrogen) atoms. The highest BCUT2D eigenvalue weighted by molar-refractivity contribution is 6.01. The highest BCUT2D eigenvalue weighted by atomic mass is 16.5. The third kappa shape index (κ3) is 3.14. The lowest BCUT2D eigenvalue weighted by molar-refractivity contribution is 0.269. The van der Waals surface area contributed by atoms with E-state index in [2.05, 4.69) is 36.2 Å². The maximum absolute atomic E-state index is 6.01. The molecule has 0 aliphatic carbocycles. The molecule has 1 aliphatic rings. The summed E-state index contributed by atoms with van der Waals surface area (Å²) >= 11 is 0. The molecule has 114 valence electrons. The van der Waals surface area contributed by atoms with Gasteiger partial charge in [0.25, 0.3) is 0 Å². The fourth-order valence-corrected chi connectivity index (χ4v) is 2.69. The fourth-order valence-electron chi connectivity index (χ4n) is 2.69. The van der Waals surface area contributed by atoms with Crippen LogP contribution in [0.25, 0.3) is 0 Å². The van der Waals surface area contributed by atoms with E-state index in [1.54, 1.807) is 0 Å². The van der Waals surface area contributed by atoms with Gasteiger partial charge in [0, 0.05) is 17.8 Å². The van der Waals surface area contributed by atoms with Crippen LogP contribution in [-0.4, -0.2) is 18.9 Å². The van der Waals surface area contributed by atoms with Gasteiger partial charge >= 0.3 is 0 Å². The average molecular weight is 295 g/mol. The van der Waals surface area contributed by atoms with Crippen molar-refractivity contribution in [1.29, 1.82) is 0 Å². The molecule has 0 N–H and O–H groups in total. The Bertz CT molecular complexity index is 677. The van der Waals surface area contributed by atoms with Crippen LogP contribution in [0.1, 0.15) is 30.5 Å². The van der Waals surface area contributed by atoms with Crippen molar-refractivity contribution in [1.82, 2.24) is 0 Å². The molecule has 0 fully saturated rings. The molecule has 0 spiro atoms. The summed E-state index contributed by atoms with van der Waals surface area (Å²) in [6.45, 7) is 6.07. The molecule has 1 heterocycles. The Kier molecular flexibility index (Phi) is 4.42. The zero-order valence-electron chi connectivity index (χ0n) is 13.1. The summed E-state index contributed by atoms with van der Waals surface area (Å²) in [4.78, 5) is 4.53. The van der Waals surface area contributed by atoms with E-state index >= 15 is 0 Å². The molecule has 1 aliphatic heterocycles. The largest absolute Gasteiger partial charge is 0.490 e. The van der Waals surface area contributed by atoms with Gasteiger partial charge in [0.1, 0.15) is 6.61 Å². The maximum atomic E-state index is 6.01. The molecule has 0 bridgehead atoms. The predicted molar refractivity (Wildman–Crippen MR) is 89.2 cm³/mol. The van der Waals surface area contributed by atoms with E-state index in [4.69, 9.17) is 9.47 Å². The second-order valence-electron chi connectivity index (χ2n) is 5.38. The van der Waals surface area contributed by atoms with E-state index in [9.17, 15) is 0 Å². The number of rotatable bonds is 5. The number of fused-ring (bicyclic) bond motifs is 1. The summed E-state index contributed by atoms with van der Waals surface area (Å²) in [6.07, 6.45) is 0.964. The molecule has 2 aromatic rings. The lowest BCUT2D eigenvalue weighted by atomic mass is 9.97. The lowest BCUT2D eigenvalue weighted by Gasteiger charge is -2.19. The van der Waals surface area contributed by atoms with Crippen molar-refractivity contribution in [2.24, 2.45) is 4.99 Å². The van der Waals surface area contributed by atoms with Gasteiger partial charge in [-0.05, 0) is 43.5 Å². The topological polar surface area (TPSA) is 30.8 Å². The van der Waals surface area contributed by atoms with Gasteiger partial charge in [-0.1, -0.05) is 30.3 Å². The minimum atomic E-state index is 0.538. The summed E-state index contributed by atoms with van der Waals surface area (Å²) in [5.74, 6) is 1.62. The van der Waals surface area contributed by atoms with Crippen molar-refractivity contribution in [3.05, 3.63) is 59.2 Å². The molecule has 0 aromatic heterocycles. The van der Waals surface area contributed by atoms with E-state index < -0.39 is 0 Å². The average Bonchev–Trinajstić information content (AvgIpc) is 2.55. The quantitative estimate of drug-likeness (QED) is 0.834. The van der Waals surface area contributed by atoms with Crippen molar-refractivity contribution in [3.63, 3.8) is 0 Å². The standard InChI is InChI=1S/C19H21NO2/c1-3-21-18-11-16-9-10-20-14(2)17(16)12-19(18)22-13-15-7-5-4-6-8-15/h4-8,11-12H,3,9-10,13H2,1-2H3. The van der Waals surface area contributed by atoms with Gasteiger partial charge in [-0.15, -0.1) is 0 Å². The van der Waals surface area contributed by atoms with Crippen molar-refractivity contribution in [3.8, 4) is 11.5 Å². The predicted octanol–water partition coefficient (Wildman–Crippen LogP) is 4.03. The zero-order chi connectivity index (χ0) is 15.4. The van der Waals surface area contributed by atoms with Crippen molar-refractivity contribution < 1.29 is 9.47 Å². The number of aliphatic imine (C=N–C) groups is 1. The van der Waals surface area contributed by atoms with Crippen molar-refractivity contribution >= 4 is 5.71 Å². The van der Waals surface area contributed by atoms with Crippen LogP contribution in [-0.2, 0) is 13.0 Å². The number of nitrogens with zero attached hydrogens (tertiary/aromatic N) is 1. The Hall–Kier alpha value is -2.29. The molecular formula is C19H21NO2. The zero-order valence-corrected chi connectivity index (χ0v) is 13.1. The first-order valence-electron chi connectivity index (χ1n) is 7.76. The van der Waals surface area contributed by atoms with Gasteiger partial charge in [-0.25, -0.2) is 0 Å². The van der Waals surface area contributed by atoms with Gasteiger partial charge in [0.15, 0.2) is 11.5 Å². The normalized spacial score (nSPS) is 13.3. The summed E-state index contributed by atoms with van der Waals surface area (Å²) in [6, 6.07) is 14.3. The van der Waals surface area contributed by atoms with Gasteiger partial charge in [-0.3, -0.25) is 4.99 Å². The third-order valence-corrected chi connectivity index (χ3v) is 3.83. The summed E-state index contributed by atoms with van der Waals surface area (Å²) in [5, 5.41) is 0. The Morgan fingerprint density at radius 2 is 1.82 bits per heavy atom. The number of hydrogen-bond donors (Lipinski definition) is 0. The van der Waals surface area contributed by atoms with Crippen LogP contribution in [0, 0.1) is 0 Å². The first-order chi connectivity index (χ1) is 10.8. The molecule has 3 rings (SSSR count). The molecule has 0 unspecified atom stereocenters. The Morgan fingerprint density at radius 1 is 1.05 bits per heavy atom. The maximum Gasteiger partial charge on any atom is 0.162 e. The summed E-state index contributed by atoms with van der Waals surface area (Å²) in [5.41, 5.74) is 4.70. The van der Waals surface area contributed by atoms with Crippen LogP contribution >= 0.6 is 0 Å². The molecular weight excluding hydrogens is 274 g/mol. The van der Waals surface area contributed by atoms with Crippen LogP contribution in [0.3, 0.4) is 0 Å². The van der Waals surface area contributed by atoms with Crippen molar-refractivity contribution in [2.45, 2.75) is 26.9 Å². The minimum Gasteiger partial charge on any atom is -0.490 e. The Morgan fingerprint density at radius 3 is 2.59 bits per heavy atom. The highest BCUT2D eigenvalue weighted by Crippen LogP contribution is 2.33. The Balaban J connectivity index is 1.88. The van der Waals surface area contributed by atoms with Gasteiger partial charge in [0.2, 0.25) is 0 Å². The van der Waals surface area contributed by atoms with Gasteiger partial charge in [-0.2, -0.15) is 0 Å². The first kappa shape index (κ1) is 14.6. The van der Waals surface area contributed by atoms with Gasteiger partial charge in [0.05, 0.1) is 6.61 Å². The van der Waals surface area contributed by atoms with Crippen LogP contribution in [0.4, 0.5) is 0 Å². The van der Waals surface area contributed by atoms with E-state index in [-0.39, 0.29) is 0 Å². The SMILES string of the molecule is CCOc1cc2c(cc1OCc1ccccc1)C(C)=NCC2. The van der Waals surface area contributed by atoms with Crippen LogP contribution < -0.4 is 9.47 Å². The lowest BCUT2D eigenvalue weighted by Crippen LogP contribution is -2.11. The smallest absolute Gasteiger partial charge is 0.162 e. The summed E-state index contributed by atoms with van der Waals surface area (Å²) in [7, 11) is 0. The van der Waals surface area contributed by atoms with Crippen LogP contribution in [0.5, 0.6) is 11.5 Å². The van der Waals surface area contributed by atoms with E-state index in [0.717, 1.165) is 35.7 Å². The fraction of sp³-hybridized carbons (Fsp3) is 0.316. The molecule has 3 heteroatoms. The van der Waals surface area contributed by atoms with Crippen molar-refractivity contribution in [2.75, 3.05) is 13.2 Å². The first-order valence-corrected chi connectivity index (χ1v) is 7.76. The molecule has 0 saturated carbocycles. The highest BCUT2D eigenvalue weighted by Gasteiger charge is 2.16. The molecule has 3 nitrogen and oxygen atoms in total. The molecule has 0 amide bonds. The van der Waals surface area contributed by atoms with E-state index in [0.29, 0.717) is 13.2 Å². The molecule has 0 radical (unpaired) electrons.